The highest BCUT2D eigenvalue weighted by atomic mass is 32.2. The van der Waals surface area contributed by atoms with Crippen molar-refractivity contribution in [1.29, 1.82) is 0 Å². The van der Waals surface area contributed by atoms with Gasteiger partial charge in [-0.1, -0.05) is 18.2 Å². The molecule has 3 rings (SSSR count). The van der Waals surface area contributed by atoms with Crippen molar-refractivity contribution >= 4 is 44.8 Å². The third-order valence-corrected chi connectivity index (χ3v) is 5.33. The molecule has 0 aliphatic heterocycles. The Kier molecular flexibility index (Phi) is 6.54. The number of hydrogen-bond donors (Lipinski definition) is 3. The summed E-state index contributed by atoms with van der Waals surface area (Å²) in [5, 5.41) is 5.47. The summed E-state index contributed by atoms with van der Waals surface area (Å²) in [4.78, 5) is 19.9. The fourth-order valence-corrected chi connectivity index (χ4v) is 3.59. The van der Waals surface area contributed by atoms with Crippen LogP contribution in [0.25, 0.3) is 0 Å². The number of amides is 1. The average Bonchev–Trinajstić information content (AvgIpc) is 2.75. The Bertz CT molecular complexity index is 1150. The van der Waals surface area contributed by atoms with Crippen molar-refractivity contribution in [3.63, 3.8) is 0 Å². The van der Waals surface area contributed by atoms with Crippen LogP contribution >= 0.6 is 12.2 Å². The second-order valence-electron chi connectivity index (χ2n) is 5.82. The molecule has 154 valence electrons. The van der Waals surface area contributed by atoms with Crippen LogP contribution in [-0.4, -0.2) is 36.5 Å². The van der Waals surface area contributed by atoms with Gasteiger partial charge in [0.2, 0.25) is 5.82 Å². The monoisotopic (exact) mass is 443 g/mol. The van der Waals surface area contributed by atoms with Gasteiger partial charge in [-0.15, -0.1) is 0 Å². The molecule has 1 aromatic heterocycles. The molecule has 11 heteroatoms. The Morgan fingerprint density at radius 2 is 1.67 bits per heavy atom. The minimum Gasteiger partial charge on any atom is -0.478 e. The van der Waals surface area contributed by atoms with Gasteiger partial charge in [-0.25, -0.2) is 18.4 Å². The van der Waals surface area contributed by atoms with Gasteiger partial charge in [-0.3, -0.25) is 14.8 Å². The number of carbonyl (C=O) groups is 1. The van der Waals surface area contributed by atoms with Crippen LogP contribution in [0.15, 0.2) is 71.9 Å². The maximum absolute atomic E-state index is 12.6. The van der Waals surface area contributed by atoms with E-state index in [0.29, 0.717) is 11.3 Å². The van der Waals surface area contributed by atoms with Gasteiger partial charge in [0.15, 0.2) is 5.11 Å². The first-order valence-corrected chi connectivity index (χ1v) is 10.4. The van der Waals surface area contributed by atoms with Gasteiger partial charge < -0.3 is 10.1 Å². The fourth-order valence-electron chi connectivity index (χ4n) is 2.38. The number of benzene rings is 2. The highest BCUT2D eigenvalue weighted by Crippen LogP contribution is 2.22. The van der Waals surface area contributed by atoms with E-state index in [1.54, 1.807) is 30.3 Å². The van der Waals surface area contributed by atoms with Gasteiger partial charge in [0.05, 0.1) is 12.0 Å². The number of hydrogen-bond acceptors (Lipinski definition) is 7. The Hall–Kier alpha value is -3.57. The van der Waals surface area contributed by atoms with E-state index in [-0.39, 0.29) is 27.6 Å². The summed E-state index contributed by atoms with van der Waals surface area (Å²) in [5.41, 5.74) is 0.970. The molecule has 0 saturated heterocycles. The third-order valence-electron chi connectivity index (χ3n) is 3.77. The number of thiocarbonyl (C=S) groups is 1. The largest absolute Gasteiger partial charge is 0.478 e. The smallest absolute Gasteiger partial charge is 0.263 e. The lowest BCUT2D eigenvalue weighted by Gasteiger charge is -2.12. The molecule has 3 aromatic rings. The minimum atomic E-state index is -3.91. The van der Waals surface area contributed by atoms with Crippen molar-refractivity contribution in [3.8, 4) is 5.88 Å². The standard InChI is InChI=1S/C19H17N5O4S2/c1-28-18-16(20-11-12-21-18)24-30(26,27)15-9-7-14(8-10-15)22-19(29)23-17(25)13-5-3-2-4-6-13/h2-12H,1H3,(H,20,24)(H2,22,23,25,29). The van der Waals surface area contributed by atoms with E-state index in [1.165, 1.54) is 43.8 Å². The van der Waals surface area contributed by atoms with E-state index in [4.69, 9.17) is 17.0 Å². The van der Waals surface area contributed by atoms with Gasteiger partial charge in [0.25, 0.3) is 21.8 Å². The topological polar surface area (TPSA) is 122 Å². The summed E-state index contributed by atoms with van der Waals surface area (Å²) in [7, 11) is -2.55. The first-order chi connectivity index (χ1) is 14.4. The van der Waals surface area contributed by atoms with Gasteiger partial charge in [0, 0.05) is 23.6 Å². The van der Waals surface area contributed by atoms with Crippen molar-refractivity contribution in [2.75, 3.05) is 17.1 Å². The summed E-state index contributed by atoms with van der Waals surface area (Å²) in [5.74, 6) is -0.319. The van der Waals surface area contributed by atoms with E-state index < -0.39 is 10.0 Å². The van der Waals surface area contributed by atoms with Crippen LogP contribution < -0.4 is 20.1 Å². The maximum atomic E-state index is 12.6. The molecule has 1 heterocycles. The molecule has 0 aliphatic rings. The summed E-state index contributed by atoms with van der Waals surface area (Å²) >= 11 is 5.13. The van der Waals surface area contributed by atoms with Gasteiger partial charge in [-0.05, 0) is 48.6 Å². The lowest BCUT2D eigenvalue weighted by molar-refractivity contribution is 0.0977. The predicted molar refractivity (Wildman–Crippen MR) is 116 cm³/mol. The van der Waals surface area contributed by atoms with Crippen LogP contribution in [0, 0.1) is 0 Å². The number of aromatic nitrogens is 2. The first kappa shape index (κ1) is 21.1. The van der Waals surface area contributed by atoms with Gasteiger partial charge >= 0.3 is 0 Å². The number of nitrogens with zero attached hydrogens (tertiary/aromatic N) is 2. The van der Waals surface area contributed by atoms with E-state index in [1.807, 2.05) is 0 Å². The van der Waals surface area contributed by atoms with Gasteiger partial charge in [-0.2, -0.15) is 0 Å². The van der Waals surface area contributed by atoms with E-state index in [0.717, 1.165) is 0 Å². The second kappa shape index (κ2) is 9.29. The molecule has 0 fully saturated rings. The van der Waals surface area contributed by atoms with Crippen LogP contribution in [-0.2, 0) is 10.0 Å². The maximum Gasteiger partial charge on any atom is 0.263 e. The van der Waals surface area contributed by atoms with E-state index >= 15 is 0 Å². The Morgan fingerprint density at radius 1 is 1.00 bits per heavy atom. The Balaban J connectivity index is 1.65. The van der Waals surface area contributed by atoms with Gasteiger partial charge in [0.1, 0.15) is 0 Å². The Morgan fingerprint density at radius 3 is 2.33 bits per heavy atom. The van der Waals surface area contributed by atoms with Crippen molar-refractivity contribution in [3.05, 3.63) is 72.6 Å². The summed E-state index contributed by atoms with van der Waals surface area (Å²) < 4.78 is 32.5. The summed E-state index contributed by atoms with van der Waals surface area (Å²) in [6.45, 7) is 0. The van der Waals surface area contributed by atoms with Crippen molar-refractivity contribution in [2.45, 2.75) is 4.90 Å². The first-order valence-electron chi connectivity index (χ1n) is 8.54. The summed E-state index contributed by atoms with van der Waals surface area (Å²) in [6, 6.07) is 14.4. The lowest BCUT2D eigenvalue weighted by atomic mass is 10.2. The molecule has 0 spiro atoms. The molecule has 0 atom stereocenters. The molecule has 0 radical (unpaired) electrons. The molecular weight excluding hydrogens is 426 g/mol. The Labute approximate surface area is 178 Å². The molecule has 2 aromatic carbocycles. The number of carbonyl (C=O) groups excluding carboxylic acids is 1. The number of rotatable bonds is 6. The molecule has 3 N–H and O–H groups in total. The van der Waals surface area contributed by atoms with Crippen LogP contribution in [0.2, 0.25) is 0 Å². The number of methoxy groups -OCH3 is 1. The molecule has 0 saturated carbocycles. The number of anilines is 2. The molecule has 0 bridgehead atoms. The predicted octanol–water partition coefficient (Wildman–Crippen LogP) is 2.41. The number of ether oxygens (including phenoxy) is 1. The molecule has 9 nitrogen and oxygen atoms in total. The van der Waals surface area contributed by atoms with Crippen molar-refractivity contribution in [2.24, 2.45) is 0 Å². The molecular formula is C19H17N5O4S2. The minimum absolute atomic E-state index is 0.00000406. The zero-order valence-corrected chi connectivity index (χ0v) is 17.3. The number of sulfonamides is 1. The molecule has 1 amide bonds. The zero-order valence-electron chi connectivity index (χ0n) is 15.7. The van der Waals surface area contributed by atoms with Crippen LogP contribution in [0.5, 0.6) is 5.88 Å². The van der Waals surface area contributed by atoms with Crippen LogP contribution in [0.1, 0.15) is 10.4 Å². The zero-order chi connectivity index (χ0) is 21.6. The normalized spacial score (nSPS) is 10.7. The quantitative estimate of drug-likeness (QED) is 0.497. The number of nitrogens with one attached hydrogen (secondary N) is 3. The molecule has 0 aliphatic carbocycles. The van der Waals surface area contributed by atoms with Crippen LogP contribution in [0.3, 0.4) is 0 Å². The lowest BCUT2D eigenvalue weighted by Crippen LogP contribution is -2.34. The summed E-state index contributed by atoms with van der Waals surface area (Å²) in [6.07, 6.45) is 2.73. The van der Waals surface area contributed by atoms with E-state index in [2.05, 4.69) is 25.3 Å². The SMILES string of the molecule is COc1nccnc1NS(=O)(=O)c1ccc(NC(=S)NC(=O)c2ccccc2)cc1. The molecule has 30 heavy (non-hydrogen) atoms. The van der Waals surface area contributed by atoms with Crippen molar-refractivity contribution < 1.29 is 17.9 Å². The van der Waals surface area contributed by atoms with E-state index in [9.17, 15) is 13.2 Å². The van der Waals surface area contributed by atoms with Crippen molar-refractivity contribution in [1.82, 2.24) is 15.3 Å². The second-order valence-corrected chi connectivity index (χ2v) is 7.91. The third kappa shape index (κ3) is 5.27. The average molecular weight is 444 g/mol. The molecule has 0 unspecified atom stereocenters. The van der Waals surface area contributed by atoms with Crippen LogP contribution in [0.4, 0.5) is 11.5 Å². The fraction of sp³-hybridized carbons (Fsp3) is 0.0526. The highest BCUT2D eigenvalue weighted by Gasteiger charge is 2.18. The highest BCUT2D eigenvalue weighted by molar-refractivity contribution is 7.92.